The van der Waals surface area contributed by atoms with Gasteiger partial charge in [0.1, 0.15) is 6.04 Å². The summed E-state index contributed by atoms with van der Waals surface area (Å²) in [5, 5.41) is 4.08. The lowest BCUT2D eigenvalue weighted by atomic mass is 10.1. The van der Waals surface area contributed by atoms with Gasteiger partial charge in [0, 0.05) is 52.8 Å². The molecule has 6 nitrogen and oxygen atoms in total. The zero-order valence-electron chi connectivity index (χ0n) is 18.3. The molecule has 1 unspecified atom stereocenters. The molecule has 2 amide bonds. The van der Waals surface area contributed by atoms with Gasteiger partial charge in [0.25, 0.3) is 0 Å². The minimum Gasteiger partial charge on any atom is -0.361 e. The molecule has 2 N–H and O–H groups in total. The van der Waals surface area contributed by atoms with Crippen LogP contribution in [0.5, 0.6) is 0 Å². The first kappa shape index (κ1) is 20.1. The van der Waals surface area contributed by atoms with E-state index in [0.29, 0.717) is 19.4 Å². The normalized spacial score (nSPS) is 16.1. The van der Waals surface area contributed by atoms with Crippen LogP contribution in [-0.2, 0) is 16.1 Å². The highest BCUT2D eigenvalue weighted by Gasteiger charge is 2.36. The number of hydrogen-bond acceptors (Lipinski definition) is 2. The van der Waals surface area contributed by atoms with E-state index in [1.165, 1.54) is 0 Å². The molecule has 32 heavy (non-hydrogen) atoms. The maximum atomic E-state index is 13.1. The maximum Gasteiger partial charge on any atom is 0.247 e. The minimum absolute atomic E-state index is 0.0179. The average molecular weight is 427 g/mol. The summed E-state index contributed by atoms with van der Waals surface area (Å²) in [5.41, 5.74) is 6.17. The Hall–Kier alpha value is -3.80. The molecule has 162 valence electrons. The molecule has 0 aliphatic carbocycles. The summed E-state index contributed by atoms with van der Waals surface area (Å²) in [4.78, 5) is 30.6. The Kier molecular flexibility index (Phi) is 5.05. The van der Waals surface area contributed by atoms with Crippen molar-refractivity contribution < 1.29 is 9.59 Å². The number of aromatic nitrogens is 2. The highest BCUT2D eigenvalue weighted by atomic mass is 16.2. The van der Waals surface area contributed by atoms with Crippen LogP contribution in [0.2, 0.25) is 0 Å². The number of anilines is 1. The molecule has 0 saturated carbocycles. The lowest BCUT2D eigenvalue weighted by Gasteiger charge is -2.24. The lowest BCUT2D eigenvalue weighted by Crippen LogP contribution is -2.41. The number of hydrogen-bond donors (Lipinski definition) is 2. The summed E-state index contributed by atoms with van der Waals surface area (Å²) in [5.74, 6) is -0.124. The van der Waals surface area contributed by atoms with Gasteiger partial charge in [-0.25, -0.2) is 0 Å². The molecule has 0 bridgehead atoms. The zero-order valence-corrected chi connectivity index (χ0v) is 18.3. The number of rotatable bonds is 5. The molecular weight excluding hydrogens is 400 g/mol. The first-order valence-electron chi connectivity index (χ1n) is 10.9. The van der Waals surface area contributed by atoms with E-state index in [-0.39, 0.29) is 11.8 Å². The summed E-state index contributed by atoms with van der Waals surface area (Å²) in [6, 6.07) is 19.5. The van der Waals surface area contributed by atoms with Crippen LogP contribution in [0.1, 0.15) is 29.8 Å². The third-order valence-corrected chi connectivity index (χ3v) is 6.31. The molecule has 4 aromatic rings. The first-order chi connectivity index (χ1) is 15.5. The van der Waals surface area contributed by atoms with E-state index in [1.807, 2.05) is 54.7 Å². The van der Waals surface area contributed by atoms with Crippen molar-refractivity contribution in [2.24, 2.45) is 0 Å². The van der Waals surface area contributed by atoms with Gasteiger partial charge in [-0.15, -0.1) is 0 Å². The number of carbonyl (C=O) groups is 2. The lowest BCUT2D eigenvalue weighted by molar-refractivity contribution is -0.133. The van der Waals surface area contributed by atoms with Gasteiger partial charge < -0.3 is 19.8 Å². The molecule has 5 rings (SSSR count). The molecule has 1 aliphatic rings. The molecule has 1 saturated heterocycles. The number of para-hydroxylation sites is 1. The van der Waals surface area contributed by atoms with Crippen molar-refractivity contribution in [3.8, 4) is 5.69 Å². The fourth-order valence-corrected chi connectivity index (χ4v) is 4.65. The topological polar surface area (TPSA) is 70.1 Å². The molecule has 1 aliphatic heterocycles. The van der Waals surface area contributed by atoms with Crippen LogP contribution in [0.25, 0.3) is 16.6 Å². The number of aryl methyl sites for hydroxylation is 2. The van der Waals surface area contributed by atoms with Crippen molar-refractivity contribution >= 4 is 28.4 Å². The molecule has 0 radical (unpaired) electrons. The Bertz CT molecular complexity index is 1280. The van der Waals surface area contributed by atoms with Gasteiger partial charge in [0.2, 0.25) is 11.8 Å². The van der Waals surface area contributed by atoms with Crippen LogP contribution < -0.4 is 5.32 Å². The van der Waals surface area contributed by atoms with Crippen LogP contribution in [0, 0.1) is 13.8 Å². The van der Waals surface area contributed by atoms with Crippen molar-refractivity contribution in [3.05, 3.63) is 83.8 Å². The van der Waals surface area contributed by atoms with Gasteiger partial charge >= 0.3 is 0 Å². The standard InChI is InChI=1S/C26H26N4O2/c1-17-7-8-18(2)30(17)21-11-9-20(10-12-21)28-26(32)24-13-14-25(31)29(24)16-19-15-27-23-6-4-3-5-22(19)23/h3-12,15,24,27H,13-14,16H2,1-2H3,(H,28,32). The summed E-state index contributed by atoms with van der Waals surface area (Å²) < 4.78 is 2.17. The van der Waals surface area contributed by atoms with E-state index in [4.69, 9.17) is 0 Å². The number of H-pyrrole nitrogens is 1. The number of nitrogens with one attached hydrogen (secondary N) is 2. The van der Waals surface area contributed by atoms with E-state index in [2.05, 4.69) is 40.8 Å². The summed E-state index contributed by atoms with van der Waals surface area (Å²) in [7, 11) is 0. The number of amides is 2. The van der Waals surface area contributed by atoms with Crippen molar-refractivity contribution in [1.82, 2.24) is 14.5 Å². The Morgan fingerprint density at radius 1 is 1.03 bits per heavy atom. The number of fused-ring (bicyclic) bond motifs is 1. The second-order valence-electron chi connectivity index (χ2n) is 8.42. The number of likely N-dealkylation sites (tertiary alicyclic amines) is 1. The first-order valence-corrected chi connectivity index (χ1v) is 10.9. The van der Waals surface area contributed by atoms with Crippen LogP contribution in [0.15, 0.2) is 66.9 Å². The highest BCUT2D eigenvalue weighted by Crippen LogP contribution is 2.27. The zero-order chi connectivity index (χ0) is 22.2. The predicted molar refractivity (Wildman–Crippen MR) is 126 cm³/mol. The molecule has 1 fully saturated rings. The monoisotopic (exact) mass is 426 g/mol. The van der Waals surface area contributed by atoms with Gasteiger partial charge in [-0.05, 0) is 68.3 Å². The maximum absolute atomic E-state index is 13.1. The van der Waals surface area contributed by atoms with Crippen LogP contribution in [-0.4, -0.2) is 32.3 Å². The SMILES string of the molecule is Cc1ccc(C)n1-c1ccc(NC(=O)C2CCC(=O)N2Cc2c[nH]c3ccccc23)cc1. The Morgan fingerprint density at radius 3 is 2.50 bits per heavy atom. The molecule has 0 spiro atoms. The Labute approximate surface area is 186 Å². The predicted octanol–water partition coefficient (Wildman–Crippen LogP) is 4.71. The van der Waals surface area contributed by atoms with Gasteiger partial charge in [0.05, 0.1) is 0 Å². The van der Waals surface area contributed by atoms with Gasteiger partial charge in [-0.1, -0.05) is 18.2 Å². The molecule has 2 aromatic heterocycles. The minimum atomic E-state index is -0.468. The van der Waals surface area contributed by atoms with Gasteiger partial charge in [-0.2, -0.15) is 0 Å². The summed E-state index contributed by atoms with van der Waals surface area (Å²) in [6.45, 7) is 4.57. The number of carbonyl (C=O) groups excluding carboxylic acids is 2. The number of nitrogens with zero attached hydrogens (tertiary/aromatic N) is 2. The van der Waals surface area contributed by atoms with Crippen molar-refractivity contribution in [3.63, 3.8) is 0 Å². The Balaban J connectivity index is 1.31. The smallest absolute Gasteiger partial charge is 0.247 e. The van der Waals surface area contributed by atoms with Crippen molar-refractivity contribution in [2.45, 2.75) is 39.3 Å². The molecule has 3 heterocycles. The quantitative estimate of drug-likeness (QED) is 0.485. The second kappa shape index (κ2) is 8.04. The third-order valence-electron chi connectivity index (χ3n) is 6.31. The number of aromatic amines is 1. The third kappa shape index (κ3) is 3.58. The van der Waals surface area contributed by atoms with Crippen molar-refractivity contribution in [1.29, 1.82) is 0 Å². The fraction of sp³-hybridized carbons (Fsp3) is 0.231. The van der Waals surface area contributed by atoms with Crippen LogP contribution in [0.3, 0.4) is 0 Å². The number of benzene rings is 2. The van der Waals surface area contributed by atoms with Crippen molar-refractivity contribution in [2.75, 3.05) is 5.32 Å². The second-order valence-corrected chi connectivity index (χ2v) is 8.42. The van der Waals surface area contributed by atoms with E-state index < -0.39 is 6.04 Å². The average Bonchev–Trinajstić information content (AvgIpc) is 3.47. The van der Waals surface area contributed by atoms with E-state index in [9.17, 15) is 9.59 Å². The summed E-state index contributed by atoms with van der Waals surface area (Å²) in [6.07, 6.45) is 2.85. The van der Waals surface area contributed by atoms with Crippen LogP contribution in [0.4, 0.5) is 5.69 Å². The fourth-order valence-electron chi connectivity index (χ4n) is 4.65. The van der Waals surface area contributed by atoms with Gasteiger partial charge in [-0.3, -0.25) is 9.59 Å². The van der Waals surface area contributed by atoms with Gasteiger partial charge in [0.15, 0.2) is 0 Å². The molecule has 6 heteroatoms. The van der Waals surface area contributed by atoms with Crippen LogP contribution >= 0.6 is 0 Å². The molecule has 1 atom stereocenters. The highest BCUT2D eigenvalue weighted by molar-refractivity contribution is 5.99. The summed E-state index contributed by atoms with van der Waals surface area (Å²) >= 11 is 0. The largest absolute Gasteiger partial charge is 0.361 e. The molecular formula is C26H26N4O2. The Morgan fingerprint density at radius 2 is 1.75 bits per heavy atom. The van der Waals surface area contributed by atoms with E-state index in [1.54, 1.807) is 4.90 Å². The van der Waals surface area contributed by atoms with E-state index in [0.717, 1.165) is 39.2 Å². The van der Waals surface area contributed by atoms with E-state index >= 15 is 0 Å². The molecule has 2 aromatic carbocycles.